The summed E-state index contributed by atoms with van der Waals surface area (Å²) in [6.07, 6.45) is 0. The van der Waals surface area contributed by atoms with Crippen molar-refractivity contribution in [1.29, 1.82) is 0 Å². The molecule has 0 spiro atoms. The van der Waals surface area contributed by atoms with Crippen LogP contribution < -0.4 is 0 Å². The Balaban J connectivity index is 3.71. The Morgan fingerprint density at radius 3 is 1.75 bits per heavy atom. The highest BCUT2D eigenvalue weighted by Gasteiger charge is 2.31. The Bertz CT molecular complexity index is 71.7. The van der Waals surface area contributed by atoms with Gasteiger partial charge in [0.05, 0.1) is 0 Å². The van der Waals surface area contributed by atoms with E-state index in [0.29, 0.717) is 11.0 Å². The molecule has 50 valence electrons. The summed E-state index contributed by atoms with van der Waals surface area (Å²) in [5, 5.41) is 0. The zero-order valence-corrected chi connectivity index (χ0v) is 8.19. The topological polar surface area (TPSA) is 0 Å². The average Bonchev–Trinajstić information content (AvgIpc) is 1.67. The van der Waals surface area contributed by atoms with Gasteiger partial charge in [0.1, 0.15) is 0 Å². The summed E-state index contributed by atoms with van der Waals surface area (Å²) in [5.41, 5.74) is 0.775. The second kappa shape index (κ2) is 3.30. The van der Waals surface area contributed by atoms with E-state index < -0.39 is 6.69 Å². The highest BCUT2D eigenvalue weighted by Crippen LogP contribution is 2.29. The van der Waals surface area contributed by atoms with E-state index in [4.69, 9.17) is 33.8 Å². The highest BCUT2D eigenvalue weighted by atomic mass is 35.7. The number of hydrogen-bond acceptors (Lipinski definition) is 0. The Kier molecular flexibility index (Phi) is 3.75. The third-order valence-electron chi connectivity index (χ3n) is 1.02. The summed E-state index contributed by atoms with van der Waals surface area (Å²) < 4.78 is 0. The molecule has 0 aromatic carbocycles. The van der Waals surface area contributed by atoms with Gasteiger partial charge in [-0.3, -0.25) is 0 Å². The lowest BCUT2D eigenvalue weighted by Crippen LogP contribution is -2.25. The van der Waals surface area contributed by atoms with Crippen molar-refractivity contribution in [2.24, 2.45) is 0 Å². The molecule has 0 aromatic rings. The van der Waals surface area contributed by atoms with E-state index in [2.05, 4.69) is 0 Å². The van der Waals surface area contributed by atoms with Crippen molar-refractivity contribution in [2.45, 2.75) is 19.4 Å². The van der Waals surface area contributed by atoms with E-state index in [1.165, 1.54) is 0 Å². The quantitative estimate of drug-likeness (QED) is 0.358. The van der Waals surface area contributed by atoms with Gasteiger partial charge < -0.3 is 0 Å². The summed E-state index contributed by atoms with van der Waals surface area (Å²) >= 11 is 17.1. The van der Waals surface area contributed by atoms with Gasteiger partial charge in [0.25, 0.3) is 6.69 Å². The van der Waals surface area contributed by atoms with Crippen LogP contribution in [0.5, 0.6) is 0 Å². The van der Waals surface area contributed by atoms with E-state index in [-0.39, 0.29) is 0 Å². The normalized spacial score (nSPS) is 12.8. The minimum Gasteiger partial charge on any atom is -0.144 e. The van der Waals surface area contributed by atoms with Crippen LogP contribution in [-0.4, -0.2) is 12.2 Å². The summed E-state index contributed by atoms with van der Waals surface area (Å²) in [6, 6.07) is 0. The number of alkyl halides is 1. The fourth-order valence-corrected chi connectivity index (χ4v) is 1.39. The predicted octanol–water partition coefficient (Wildman–Crippen LogP) is 3.09. The first-order valence-corrected chi connectivity index (χ1v) is 7.28. The number of hydrogen-bond donors (Lipinski definition) is 0. The molecule has 0 saturated carbocycles. The molecule has 0 saturated heterocycles. The third kappa shape index (κ3) is 2.58. The van der Waals surface area contributed by atoms with Gasteiger partial charge >= 0.3 is 0 Å². The van der Waals surface area contributed by atoms with Crippen LogP contribution in [0.25, 0.3) is 0 Å². The van der Waals surface area contributed by atoms with Gasteiger partial charge in [-0.05, 0) is 5.54 Å². The van der Waals surface area contributed by atoms with Gasteiger partial charge in [-0.25, -0.2) is 0 Å². The summed E-state index contributed by atoms with van der Waals surface area (Å²) in [6.45, 7) is 1.94. The second-order valence-electron chi connectivity index (χ2n) is 2.05. The summed E-state index contributed by atoms with van der Waals surface area (Å²) in [4.78, 5) is 0. The first-order valence-electron chi connectivity index (χ1n) is 2.44. The average molecular weight is 192 g/mol. The standard InChI is InChI=1S/C4H9Cl3Si/c1-4(2)8(6,7)3-5/h4H,3H2,1-2H3. The maximum atomic E-state index is 5.83. The highest BCUT2D eigenvalue weighted by molar-refractivity contribution is 7.47. The Hall–Kier alpha value is 1.09. The Labute approximate surface area is 65.5 Å². The van der Waals surface area contributed by atoms with Crippen LogP contribution in [0.3, 0.4) is 0 Å². The van der Waals surface area contributed by atoms with Crippen molar-refractivity contribution < 1.29 is 0 Å². The first kappa shape index (κ1) is 9.09. The minimum atomic E-state index is -2.04. The fourth-order valence-electron chi connectivity index (χ4n) is 0.154. The zero-order chi connectivity index (χ0) is 6.78. The van der Waals surface area contributed by atoms with Crippen molar-refractivity contribution in [1.82, 2.24) is 0 Å². The molecule has 0 aliphatic rings. The maximum absolute atomic E-state index is 5.83. The molecule has 0 amide bonds. The van der Waals surface area contributed by atoms with E-state index in [1.54, 1.807) is 0 Å². The van der Waals surface area contributed by atoms with Crippen molar-refractivity contribution in [3.63, 3.8) is 0 Å². The van der Waals surface area contributed by atoms with Gasteiger partial charge in [-0.1, -0.05) is 13.8 Å². The van der Waals surface area contributed by atoms with E-state index in [1.807, 2.05) is 13.8 Å². The zero-order valence-electron chi connectivity index (χ0n) is 4.92. The molecule has 8 heavy (non-hydrogen) atoms. The van der Waals surface area contributed by atoms with Crippen LogP contribution in [0.1, 0.15) is 13.8 Å². The third-order valence-corrected chi connectivity index (χ3v) is 8.57. The van der Waals surface area contributed by atoms with Gasteiger partial charge in [-0.2, -0.15) is 0 Å². The molecule has 0 rings (SSSR count). The molecule has 0 fully saturated rings. The van der Waals surface area contributed by atoms with Gasteiger partial charge in [0, 0.05) is 5.50 Å². The molecule has 0 bridgehead atoms. The Morgan fingerprint density at radius 2 is 1.75 bits per heavy atom. The summed E-state index contributed by atoms with van der Waals surface area (Å²) in [5.74, 6) is 0. The molecular weight excluding hydrogens is 182 g/mol. The molecule has 0 unspecified atom stereocenters. The molecule has 0 aliphatic carbocycles. The molecule has 0 N–H and O–H groups in total. The lowest BCUT2D eigenvalue weighted by Gasteiger charge is -2.16. The van der Waals surface area contributed by atoms with Crippen molar-refractivity contribution in [2.75, 3.05) is 5.50 Å². The molecule has 0 radical (unpaired) electrons. The maximum Gasteiger partial charge on any atom is 0.267 e. The number of rotatable bonds is 2. The molecule has 0 aliphatic heterocycles. The van der Waals surface area contributed by atoms with Crippen LogP contribution in [0, 0.1) is 0 Å². The van der Waals surface area contributed by atoms with Gasteiger partial charge in [0.15, 0.2) is 0 Å². The smallest absolute Gasteiger partial charge is 0.144 e. The molecule has 0 nitrogen and oxygen atoms in total. The summed E-state index contributed by atoms with van der Waals surface area (Å²) in [7, 11) is 0. The lowest BCUT2D eigenvalue weighted by atomic mass is 10.6. The number of halogens is 3. The van der Waals surface area contributed by atoms with Crippen LogP contribution in [0.15, 0.2) is 0 Å². The van der Waals surface area contributed by atoms with Crippen LogP contribution in [-0.2, 0) is 0 Å². The molecular formula is C4H9Cl3Si. The molecule has 0 aromatic heterocycles. The monoisotopic (exact) mass is 190 g/mol. The van der Waals surface area contributed by atoms with E-state index in [9.17, 15) is 0 Å². The van der Waals surface area contributed by atoms with Crippen molar-refractivity contribution in [3.05, 3.63) is 0 Å². The SMILES string of the molecule is CC(C)[Si](Cl)(Cl)CCl. The van der Waals surface area contributed by atoms with Crippen LogP contribution >= 0.6 is 33.8 Å². The van der Waals surface area contributed by atoms with Crippen molar-refractivity contribution >= 4 is 40.5 Å². The fraction of sp³-hybridized carbons (Fsp3) is 1.00. The predicted molar refractivity (Wildman–Crippen MR) is 43.3 cm³/mol. The largest absolute Gasteiger partial charge is 0.267 e. The van der Waals surface area contributed by atoms with Crippen LogP contribution in [0.4, 0.5) is 0 Å². The second-order valence-corrected chi connectivity index (χ2v) is 10.4. The minimum absolute atomic E-state index is 0.350. The van der Waals surface area contributed by atoms with Crippen LogP contribution in [0.2, 0.25) is 5.54 Å². The molecule has 0 heterocycles. The first-order chi connectivity index (χ1) is 3.50. The molecule has 0 atom stereocenters. The lowest BCUT2D eigenvalue weighted by molar-refractivity contribution is 1.05. The van der Waals surface area contributed by atoms with Gasteiger partial charge in [0.2, 0.25) is 0 Å². The van der Waals surface area contributed by atoms with E-state index >= 15 is 0 Å². The van der Waals surface area contributed by atoms with Crippen molar-refractivity contribution in [3.8, 4) is 0 Å². The Morgan fingerprint density at radius 1 is 1.38 bits per heavy atom. The van der Waals surface area contributed by atoms with E-state index in [0.717, 1.165) is 0 Å². The molecule has 4 heteroatoms. The van der Waals surface area contributed by atoms with Gasteiger partial charge in [-0.15, -0.1) is 33.8 Å².